The molecule has 0 aromatic heterocycles. The molecule has 2 N–H and O–H groups in total. The Hall–Kier alpha value is -1.44. The van der Waals surface area contributed by atoms with Crippen LogP contribution in [0.4, 0.5) is 0 Å². The van der Waals surface area contributed by atoms with Crippen molar-refractivity contribution < 1.29 is 17.9 Å². The molecule has 1 unspecified atom stereocenters. The fraction of sp³-hybridized carbons (Fsp3) is 0.500. The topological polar surface area (TPSA) is 89.7 Å². The molecule has 0 radical (unpaired) electrons. The molecule has 116 valence electrons. The molecule has 0 spiro atoms. The zero-order chi connectivity index (χ0) is 15.8. The van der Waals surface area contributed by atoms with Crippen molar-refractivity contribution in [2.75, 3.05) is 20.2 Å². The molecule has 7 heteroatoms. The minimum Gasteiger partial charge on any atom is -0.380 e. The number of methoxy groups -OCH3 is 1. The maximum absolute atomic E-state index is 12.6. The molecule has 1 saturated heterocycles. The lowest BCUT2D eigenvalue weighted by molar-refractivity contribution is 0.0723. The van der Waals surface area contributed by atoms with Gasteiger partial charge in [-0.2, -0.15) is 0 Å². The van der Waals surface area contributed by atoms with Crippen LogP contribution in [0.15, 0.2) is 17.0 Å². The number of hydrogen-bond donors (Lipinski definition) is 1. The largest absolute Gasteiger partial charge is 0.380 e. The van der Waals surface area contributed by atoms with Crippen LogP contribution in [0, 0.1) is 13.8 Å². The standard InChI is InChI=1S/C14H20N2O4S/c1-9-6-10(2)13(21(15,18)19)7-12(9)14(17)16-5-4-11(8-16)20-3/h6-7,11H,4-5,8H2,1-3H3,(H2,15,18,19). The molecule has 1 fully saturated rings. The maximum atomic E-state index is 12.6. The number of sulfonamides is 1. The molecule has 0 bridgehead atoms. The van der Waals surface area contributed by atoms with Crippen LogP contribution >= 0.6 is 0 Å². The van der Waals surface area contributed by atoms with E-state index in [1.165, 1.54) is 6.07 Å². The van der Waals surface area contributed by atoms with Crippen molar-refractivity contribution in [1.29, 1.82) is 0 Å². The van der Waals surface area contributed by atoms with Gasteiger partial charge in [0.05, 0.1) is 11.0 Å². The van der Waals surface area contributed by atoms with E-state index in [4.69, 9.17) is 9.88 Å². The average Bonchev–Trinajstić information content (AvgIpc) is 2.85. The van der Waals surface area contributed by atoms with Crippen molar-refractivity contribution in [2.24, 2.45) is 5.14 Å². The minimum atomic E-state index is -3.84. The van der Waals surface area contributed by atoms with Gasteiger partial charge in [0.2, 0.25) is 10.0 Å². The number of amides is 1. The highest BCUT2D eigenvalue weighted by Crippen LogP contribution is 2.23. The molecule has 1 aromatic carbocycles. The van der Waals surface area contributed by atoms with Gasteiger partial charge in [0.15, 0.2) is 0 Å². The van der Waals surface area contributed by atoms with Crippen LogP contribution in [0.5, 0.6) is 0 Å². The van der Waals surface area contributed by atoms with E-state index in [1.54, 1.807) is 31.9 Å². The summed E-state index contributed by atoms with van der Waals surface area (Å²) in [4.78, 5) is 14.2. The Morgan fingerprint density at radius 1 is 1.33 bits per heavy atom. The normalized spacial score (nSPS) is 19.0. The monoisotopic (exact) mass is 312 g/mol. The molecule has 1 aliphatic heterocycles. The third-order valence-corrected chi connectivity index (χ3v) is 4.88. The number of carbonyl (C=O) groups excluding carboxylic acids is 1. The number of nitrogens with two attached hydrogens (primary N) is 1. The van der Waals surface area contributed by atoms with Crippen molar-refractivity contribution in [1.82, 2.24) is 4.90 Å². The van der Waals surface area contributed by atoms with E-state index in [9.17, 15) is 13.2 Å². The number of benzene rings is 1. The lowest BCUT2D eigenvalue weighted by Crippen LogP contribution is -2.31. The quantitative estimate of drug-likeness (QED) is 0.894. The summed E-state index contributed by atoms with van der Waals surface area (Å²) in [7, 11) is -2.22. The zero-order valence-electron chi connectivity index (χ0n) is 12.4. The average molecular weight is 312 g/mol. The van der Waals surface area contributed by atoms with E-state index in [-0.39, 0.29) is 16.9 Å². The van der Waals surface area contributed by atoms with Crippen molar-refractivity contribution in [3.8, 4) is 0 Å². The van der Waals surface area contributed by atoms with Crippen LogP contribution in [-0.4, -0.2) is 45.5 Å². The number of nitrogens with zero attached hydrogens (tertiary/aromatic N) is 1. The summed E-state index contributed by atoms with van der Waals surface area (Å²) < 4.78 is 28.4. The fourth-order valence-electron chi connectivity index (χ4n) is 2.64. The highest BCUT2D eigenvalue weighted by Gasteiger charge is 2.28. The van der Waals surface area contributed by atoms with Gasteiger partial charge in [-0.15, -0.1) is 0 Å². The molecule has 6 nitrogen and oxygen atoms in total. The van der Waals surface area contributed by atoms with Gasteiger partial charge in [-0.1, -0.05) is 6.07 Å². The molecule has 1 aromatic rings. The van der Waals surface area contributed by atoms with E-state index >= 15 is 0 Å². The van der Waals surface area contributed by atoms with Crippen LogP contribution in [-0.2, 0) is 14.8 Å². The Morgan fingerprint density at radius 3 is 2.52 bits per heavy atom. The first kappa shape index (κ1) is 15.9. The Labute approximate surface area is 124 Å². The molecule has 0 aliphatic carbocycles. The van der Waals surface area contributed by atoms with Gasteiger partial charge in [-0.3, -0.25) is 4.79 Å². The third kappa shape index (κ3) is 3.25. The summed E-state index contributed by atoms with van der Waals surface area (Å²) in [5, 5.41) is 5.20. The van der Waals surface area contributed by atoms with Crippen molar-refractivity contribution >= 4 is 15.9 Å². The second-order valence-electron chi connectivity index (χ2n) is 5.38. The summed E-state index contributed by atoms with van der Waals surface area (Å²) >= 11 is 0. The van der Waals surface area contributed by atoms with Gasteiger partial charge in [-0.25, -0.2) is 13.6 Å². The summed E-state index contributed by atoms with van der Waals surface area (Å²) in [5.74, 6) is -0.183. The highest BCUT2D eigenvalue weighted by molar-refractivity contribution is 7.89. The van der Waals surface area contributed by atoms with Crippen LogP contribution in [0.3, 0.4) is 0 Å². The van der Waals surface area contributed by atoms with Gasteiger partial charge in [0.25, 0.3) is 5.91 Å². The summed E-state index contributed by atoms with van der Waals surface area (Å²) in [6, 6.07) is 3.05. The Bertz CT molecular complexity index is 670. The number of primary sulfonamides is 1. The van der Waals surface area contributed by atoms with Crippen LogP contribution in [0.1, 0.15) is 27.9 Å². The summed E-state index contributed by atoms with van der Waals surface area (Å²) in [6.07, 6.45) is 0.826. The summed E-state index contributed by atoms with van der Waals surface area (Å²) in [5.41, 5.74) is 1.66. The Kier molecular flexibility index (Phi) is 4.36. The number of rotatable bonds is 3. The van der Waals surface area contributed by atoms with Gasteiger partial charge >= 0.3 is 0 Å². The predicted octanol–water partition coefficient (Wildman–Crippen LogP) is 0.812. The highest BCUT2D eigenvalue weighted by atomic mass is 32.2. The third-order valence-electron chi connectivity index (χ3n) is 3.82. The molecular formula is C14H20N2O4S. The molecular weight excluding hydrogens is 292 g/mol. The summed E-state index contributed by atoms with van der Waals surface area (Å²) in [6.45, 7) is 4.58. The predicted molar refractivity (Wildman–Crippen MR) is 78.6 cm³/mol. The van der Waals surface area contributed by atoms with Crippen LogP contribution < -0.4 is 5.14 Å². The van der Waals surface area contributed by atoms with Crippen molar-refractivity contribution in [3.05, 3.63) is 28.8 Å². The van der Waals surface area contributed by atoms with Crippen LogP contribution in [0.2, 0.25) is 0 Å². The molecule has 1 aliphatic rings. The van der Waals surface area contributed by atoms with E-state index < -0.39 is 10.0 Å². The molecule has 1 atom stereocenters. The lowest BCUT2D eigenvalue weighted by atomic mass is 10.0. The first-order chi connectivity index (χ1) is 9.74. The number of hydrogen-bond acceptors (Lipinski definition) is 4. The molecule has 2 rings (SSSR count). The maximum Gasteiger partial charge on any atom is 0.254 e. The van der Waals surface area contributed by atoms with Gasteiger partial charge in [0.1, 0.15) is 0 Å². The SMILES string of the molecule is COC1CCN(C(=O)c2cc(S(N)(=O)=O)c(C)cc2C)C1. The van der Waals surface area contributed by atoms with E-state index in [2.05, 4.69) is 0 Å². The molecule has 1 heterocycles. The zero-order valence-corrected chi connectivity index (χ0v) is 13.2. The van der Waals surface area contributed by atoms with E-state index in [0.717, 1.165) is 12.0 Å². The fourth-order valence-corrected chi connectivity index (χ4v) is 3.43. The second-order valence-corrected chi connectivity index (χ2v) is 6.91. The number of aryl methyl sites for hydroxylation is 2. The molecule has 0 saturated carbocycles. The molecule has 1 amide bonds. The number of carbonyl (C=O) groups is 1. The second kappa shape index (κ2) is 5.75. The lowest BCUT2D eigenvalue weighted by Gasteiger charge is -2.18. The Balaban J connectivity index is 2.38. The van der Waals surface area contributed by atoms with Crippen molar-refractivity contribution in [2.45, 2.75) is 31.3 Å². The molecule has 21 heavy (non-hydrogen) atoms. The van der Waals surface area contributed by atoms with Gasteiger partial charge in [-0.05, 0) is 37.5 Å². The van der Waals surface area contributed by atoms with Crippen LogP contribution in [0.25, 0.3) is 0 Å². The first-order valence-corrected chi connectivity index (χ1v) is 8.24. The van der Waals surface area contributed by atoms with E-state index in [0.29, 0.717) is 24.2 Å². The smallest absolute Gasteiger partial charge is 0.254 e. The van der Waals surface area contributed by atoms with Gasteiger partial charge < -0.3 is 9.64 Å². The van der Waals surface area contributed by atoms with E-state index in [1.807, 2.05) is 0 Å². The van der Waals surface area contributed by atoms with Gasteiger partial charge in [0, 0.05) is 25.8 Å². The minimum absolute atomic E-state index is 0.000983. The number of likely N-dealkylation sites (tertiary alicyclic amines) is 1. The Morgan fingerprint density at radius 2 is 2.00 bits per heavy atom. The van der Waals surface area contributed by atoms with Crippen molar-refractivity contribution in [3.63, 3.8) is 0 Å². The first-order valence-electron chi connectivity index (χ1n) is 6.70. The number of ether oxygens (including phenoxy) is 1.